The maximum absolute atomic E-state index is 12.8. The van der Waals surface area contributed by atoms with Crippen LogP contribution in [0.5, 0.6) is 0 Å². The summed E-state index contributed by atoms with van der Waals surface area (Å²) in [5.74, 6) is -0.504. The lowest BCUT2D eigenvalue weighted by Crippen LogP contribution is -2.56. The van der Waals surface area contributed by atoms with E-state index in [-0.39, 0.29) is 23.3 Å². The van der Waals surface area contributed by atoms with Crippen LogP contribution in [0.3, 0.4) is 0 Å². The van der Waals surface area contributed by atoms with E-state index in [1.54, 1.807) is 24.3 Å². The van der Waals surface area contributed by atoms with Crippen molar-refractivity contribution in [3.05, 3.63) is 72.3 Å². The number of benzene rings is 3. The fraction of sp³-hybridized carbons (Fsp3) is 0.174. The third-order valence-corrected chi connectivity index (χ3v) is 5.48. The fourth-order valence-electron chi connectivity index (χ4n) is 3.17. The van der Waals surface area contributed by atoms with Gasteiger partial charge in [0.15, 0.2) is 5.11 Å². The molecule has 0 aliphatic carbocycles. The molecule has 0 saturated carbocycles. The van der Waals surface area contributed by atoms with Crippen LogP contribution in [0.25, 0.3) is 10.8 Å². The van der Waals surface area contributed by atoms with Crippen LogP contribution in [-0.2, 0) is 16.0 Å². The Balaban J connectivity index is 1.64. The topological polar surface area (TPSA) is 82.3 Å². The van der Waals surface area contributed by atoms with E-state index in [2.05, 4.69) is 21.3 Å². The number of carbonyl (C=O) groups excluding carboxylic acids is 2. The number of alkyl halides is 3. The number of rotatable bonds is 6. The molecule has 2 amide bonds. The quantitative estimate of drug-likeness (QED) is 0.204. The Hall–Kier alpha value is -2.58. The van der Waals surface area contributed by atoms with Crippen molar-refractivity contribution in [2.24, 2.45) is 0 Å². The van der Waals surface area contributed by atoms with Crippen molar-refractivity contribution in [3.63, 3.8) is 0 Å². The molecule has 0 bridgehead atoms. The van der Waals surface area contributed by atoms with Crippen molar-refractivity contribution < 1.29 is 9.59 Å². The second-order valence-electron chi connectivity index (χ2n) is 7.21. The number of amides is 2. The molecule has 0 spiro atoms. The van der Waals surface area contributed by atoms with Crippen LogP contribution in [-0.4, -0.2) is 26.9 Å². The number of carbonyl (C=O) groups is 2. The first-order valence-corrected chi connectivity index (χ1v) is 11.4. The average Bonchev–Trinajstić information content (AvgIpc) is 2.74. The standard InChI is InChI=1S/C23H21Cl3N4O2S/c1-14(31)27-17-9-11-18(12-10-17)28-22(33)30-21(23(24,25)26)29-20(32)13-16-7-4-6-15-5-2-3-8-19(15)16/h2-12,21H,13H2,1H3,(H,27,31)(H,29,32)(H2,28,30,33)/t21-/m1/s1. The Kier molecular flexibility index (Phi) is 8.37. The Morgan fingerprint density at radius 3 is 2.12 bits per heavy atom. The molecule has 10 heteroatoms. The molecule has 0 saturated heterocycles. The number of thiocarbonyl (C=S) groups is 1. The van der Waals surface area contributed by atoms with E-state index < -0.39 is 9.96 Å². The molecular formula is C23H21Cl3N4O2S. The SMILES string of the molecule is CC(=O)Nc1ccc(NC(=S)N[C@@H](NC(=O)Cc2cccc3ccccc23)C(Cl)(Cl)Cl)cc1. The van der Waals surface area contributed by atoms with E-state index in [4.69, 9.17) is 47.0 Å². The van der Waals surface area contributed by atoms with Crippen molar-refractivity contribution in [3.8, 4) is 0 Å². The van der Waals surface area contributed by atoms with Crippen molar-refractivity contribution in [2.45, 2.75) is 23.3 Å². The van der Waals surface area contributed by atoms with Gasteiger partial charge in [-0.2, -0.15) is 0 Å². The molecule has 0 fully saturated rings. The van der Waals surface area contributed by atoms with Gasteiger partial charge < -0.3 is 21.3 Å². The first-order chi connectivity index (χ1) is 15.6. The van der Waals surface area contributed by atoms with E-state index in [1.807, 2.05) is 42.5 Å². The fourth-order valence-corrected chi connectivity index (χ4v) is 3.73. The van der Waals surface area contributed by atoms with Gasteiger partial charge in [0, 0.05) is 18.3 Å². The summed E-state index contributed by atoms with van der Waals surface area (Å²) < 4.78 is -1.87. The van der Waals surface area contributed by atoms with Crippen LogP contribution in [0, 0.1) is 0 Å². The van der Waals surface area contributed by atoms with Gasteiger partial charge in [0.25, 0.3) is 0 Å². The number of hydrogen-bond donors (Lipinski definition) is 4. The minimum atomic E-state index is -1.87. The molecule has 4 N–H and O–H groups in total. The third-order valence-electron chi connectivity index (χ3n) is 4.60. The van der Waals surface area contributed by atoms with Crippen molar-refractivity contribution in [2.75, 3.05) is 10.6 Å². The molecule has 0 aliphatic heterocycles. The maximum Gasteiger partial charge on any atom is 0.228 e. The summed E-state index contributed by atoms with van der Waals surface area (Å²) >= 11 is 23.6. The molecule has 0 aliphatic rings. The van der Waals surface area contributed by atoms with Gasteiger partial charge >= 0.3 is 0 Å². The zero-order chi connectivity index (χ0) is 24.0. The summed E-state index contributed by atoms with van der Waals surface area (Å²) in [5, 5.41) is 13.3. The lowest BCUT2D eigenvalue weighted by atomic mass is 10.0. The largest absolute Gasteiger partial charge is 0.339 e. The highest BCUT2D eigenvalue weighted by Crippen LogP contribution is 2.29. The second kappa shape index (κ2) is 11.0. The highest BCUT2D eigenvalue weighted by atomic mass is 35.6. The first-order valence-electron chi connectivity index (χ1n) is 9.90. The molecule has 0 heterocycles. The molecule has 3 aromatic carbocycles. The van der Waals surface area contributed by atoms with Crippen LogP contribution in [0.1, 0.15) is 12.5 Å². The Morgan fingerprint density at radius 2 is 1.48 bits per heavy atom. The number of fused-ring (bicyclic) bond motifs is 1. The molecule has 6 nitrogen and oxygen atoms in total. The van der Waals surface area contributed by atoms with Gasteiger partial charge in [-0.3, -0.25) is 9.59 Å². The summed E-state index contributed by atoms with van der Waals surface area (Å²) in [6.07, 6.45) is -0.978. The van der Waals surface area contributed by atoms with Gasteiger partial charge in [-0.05, 0) is 52.8 Å². The molecule has 0 unspecified atom stereocenters. The van der Waals surface area contributed by atoms with E-state index in [0.717, 1.165) is 16.3 Å². The molecule has 172 valence electrons. The van der Waals surface area contributed by atoms with Crippen molar-refractivity contribution in [1.82, 2.24) is 10.6 Å². The van der Waals surface area contributed by atoms with Gasteiger partial charge in [0.1, 0.15) is 6.17 Å². The van der Waals surface area contributed by atoms with Crippen molar-refractivity contribution >= 4 is 86.1 Å². The van der Waals surface area contributed by atoms with Crippen LogP contribution in [0.2, 0.25) is 0 Å². The zero-order valence-corrected chi connectivity index (χ0v) is 20.6. The van der Waals surface area contributed by atoms with Gasteiger partial charge in [-0.25, -0.2) is 0 Å². The van der Waals surface area contributed by atoms with E-state index in [1.165, 1.54) is 6.92 Å². The minimum Gasteiger partial charge on any atom is -0.339 e. The Labute approximate surface area is 212 Å². The lowest BCUT2D eigenvalue weighted by Gasteiger charge is -2.28. The molecule has 3 rings (SSSR count). The van der Waals surface area contributed by atoms with Crippen LogP contribution in [0.4, 0.5) is 11.4 Å². The summed E-state index contributed by atoms with van der Waals surface area (Å²) in [7, 11) is 0. The van der Waals surface area contributed by atoms with Gasteiger partial charge in [0.2, 0.25) is 15.6 Å². The maximum atomic E-state index is 12.8. The summed E-state index contributed by atoms with van der Waals surface area (Å²) in [4.78, 5) is 23.9. The van der Waals surface area contributed by atoms with Gasteiger partial charge in [0.05, 0.1) is 6.42 Å². The molecule has 1 atom stereocenters. The normalized spacial score (nSPS) is 12.0. The highest BCUT2D eigenvalue weighted by molar-refractivity contribution is 7.80. The van der Waals surface area contributed by atoms with Crippen LogP contribution < -0.4 is 21.3 Å². The van der Waals surface area contributed by atoms with E-state index >= 15 is 0 Å². The van der Waals surface area contributed by atoms with Crippen LogP contribution in [0.15, 0.2) is 66.7 Å². The second-order valence-corrected chi connectivity index (χ2v) is 9.99. The summed E-state index contributed by atoms with van der Waals surface area (Å²) in [6.45, 7) is 1.43. The van der Waals surface area contributed by atoms with Crippen LogP contribution >= 0.6 is 47.0 Å². The number of nitrogens with one attached hydrogen (secondary N) is 4. The molecule has 33 heavy (non-hydrogen) atoms. The lowest BCUT2D eigenvalue weighted by molar-refractivity contribution is -0.121. The Morgan fingerprint density at radius 1 is 0.879 bits per heavy atom. The minimum absolute atomic E-state index is 0.102. The highest BCUT2D eigenvalue weighted by Gasteiger charge is 2.34. The predicted octanol–water partition coefficient (Wildman–Crippen LogP) is 5.14. The van der Waals surface area contributed by atoms with E-state index in [0.29, 0.717) is 11.4 Å². The molecule has 3 aromatic rings. The number of anilines is 2. The van der Waals surface area contributed by atoms with Gasteiger partial charge in [-0.1, -0.05) is 77.3 Å². The van der Waals surface area contributed by atoms with Gasteiger partial charge in [-0.15, -0.1) is 0 Å². The average molecular weight is 524 g/mol. The summed E-state index contributed by atoms with van der Waals surface area (Å²) in [5.41, 5.74) is 2.15. The molecule has 0 radical (unpaired) electrons. The molecular weight excluding hydrogens is 503 g/mol. The van der Waals surface area contributed by atoms with E-state index in [9.17, 15) is 9.59 Å². The molecule has 0 aromatic heterocycles. The van der Waals surface area contributed by atoms with Crippen molar-refractivity contribution in [1.29, 1.82) is 0 Å². The third kappa shape index (κ3) is 7.47. The predicted molar refractivity (Wildman–Crippen MR) is 140 cm³/mol. The monoisotopic (exact) mass is 522 g/mol. The first kappa shape index (κ1) is 25.1. The zero-order valence-electron chi connectivity index (χ0n) is 17.5. The number of hydrogen-bond acceptors (Lipinski definition) is 3. The Bertz CT molecular complexity index is 1160. The number of halogens is 3. The summed E-state index contributed by atoms with van der Waals surface area (Å²) in [6, 6.07) is 20.4. The smallest absolute Gasteiger partial charge is 0.228 e.